The van der Waals surface area contributed by atoms with Crippen LogP contribution in [0.1, 0.15) is 0 Å². The Morgan fingerprint density at radius 1 is 0.812 bits per heavy atom. The molecule has 0 aliphatic rings. The van der Waals surface area contributed by atoms with Crippen LogP contribution in [0.25, 0.3) is 0 Å². The zero-order chi connectivity index (χ0) is 12.4. The van der Waals surface area contributed by atoms with Gasteiger partial charge in [-0.3, -0.25) is 0 Å². The lowest BCUT2D eigenvalue weighted by Crippen LogP contribution is -2.57. The summed E-state index contributed by atoms with van der Waals surface area (Å²) in [5.41, 5.74) is 5.97. The highest BCUT2D eigenvalue weighted by Gasteiger charge is 2.31. The van der Waals surface area contributed by atoms with Crippen molar-refractivity contribution < 1.29 is 0 Å². The number of benzene rings is 1. The molecule has 0 unspecified atom stereocenters. The molecule has 2 heteroatoms. The van der Waals surface area contributed by atoms with Gasteiger partial charge in [-0.05, 0) is 10.4 Å². The van der Waals surface area contributed by atoms with E-state index >= 15 is 0 Å². The lowest BCUT2D eigenvalue weighted by Gasteiger charge is -2.25. The molecule has 0 atom stereocenters. The van der Waals surface area contributed by atoms with Crippen molar-refractivity contribution in [3.63, 3.8) is 0 Å². The van der Waals surface area contributed by atoms with Crippen molar-refractivity contribution in [3.8, 4) is 23.9 Å². The molecule has 0 saturated heterocycles. The van der Waals surface area contributed by atoms with Crippen LogP contribution < -0.4 is 10.4 Å². The first kappa shape index (κ1) is 12.8. The van der Waals surface area contributed by atoms with Gasteiger partial charge in [-0.1, -0.05) is 50.5 Å². The molecule has 1 aromatic carbocycles. The Balaban J connectivity index is 3.46. The minimum atomic E-state index is -1.76. The van der Waals surface area contributed by atoms with Gasteiger partial charge < -0.3 is 0 Å². The number of hydrogen-bond donors (Lipinski definition) is 0. The fraction of sp³-hybridized carbons (Fsp3) is 0.286. The SMILES string of the molecule is C#C[Si](C)(C)c1ccccc1[Si](C)(C)C#C. The number of rotatable bonds is 2. The summed E-state index contributed by atoms with van der Waals surface area (Å²) < 4.78 is 0. The quantitative estimate of drug-likeness (QED) is 0.549. The van der Waals surface area contributed by atoms with E-state index in [2.05, 4.69) is 61.5 Å². The maximum absolute atomic E-state index is 5.67. The minimum Gasteiger partial charge on any atom is -0.129 e. The molecule has 0 N–H and O–H groups in total. The van der Waals surface area contributed by atoms with E-state index in [1.165, 1.54) is 10.4 Å². The average molecular weight is 242 g/mol. The van der Waals surface area contributed by atoms with E-state index in [4.69, 9.17) is 12.8 Å². The predicted octanol–water partition coefficient (Wildman–Crippen LogP) is 1.86. The van der Waals surface area contributed by atoms with Gasteiger partial charge >= 0.3 is 0 Å². The van der Waals surface area contributed by atoms with E-state index in [9.17, 15) is 0 Å². The van der Waals surface area contributed by atoms with Crippen LogP contribution in [0, 0.1) is 23.9 Å². The largest absolute Gasteiger partial charge is 0.162 e. The van der Waals surface area contributed by atoms with E-state index in [0.29, 0.717) is 0 Å². The predicted molar refractivity (Wildman–Crippen MR) is 78.3 cm³/mol. The van der Waals surface area contributed by atoms with E-state index in [1.807, 2.05) is 0 Å². The average Bonchev–Trinajstić information content (AvgIpc) is 2.29. The van der Waals surface area contributed by atoms with E-state index in [1.54, 1.807) is 0 Å². The number of hydrogen-bond acceptors (Lipinski definition) is 0. The van der Waals surface area contributed by atoms with Gasteiger partial charge in [0, 0.05) is 0 Å². The van der Waals surface area contributed by atoms with Crippen molar-refractivity contribution in [1.29, 1.82) is 0 Å². The zero-order valence-electron chi connectivity index (χ0n) is 10.5. The Morgan fingerprint density at radius 2 is 1.12 bits per heavy atom. The summed E-state index contributed by atoms with van der Waals surface area (Å²) in [7, 11) is -3.51. The summed E-state index contributed by atoms with van der Waals surface area (Å²) in [6.07, 6.45) is 11.3. The molecule has 0 aliphatic heterocycles. The minimum absolute atomic E-state index is 1.34. The van der Waals surface area contributed by atoms with Crippen LogP contribution in [-0.4, -0.2) is 16.1 Å². The maximum Gasteiger partial charge on any atom is 0.162 e. The molecule has 0 heterocycles. The van der Waals surface area contributed by atoms with Gasteiger partial charge in [0.1, 0.15) is 0 Å². The second-order valence-corrected chi connectivity index (χ2v) is 13.2. The Morgan fingerprint density at radius 3 is 1.38 bits per heavy atom. The molecule has 1 aromatic rings. The van der Waals surface area contributed by atoms with Crippen molar-refractivity contribution in [2.24, 2.45) is 0 Å². The topological polar surface area (TPSA) is 0 Å². The van der Waals surface area contributed by atoms with Crippen molar-refractivity contribution in [2.75, 3.05) is 0 Å². The smallest absolute Gasteiger partial charge is 0.129 e. The molecular formula is C14H18Si2. The summed E-state index contributed by atoms with van der Waals surface area (Å²) in [5.74, 6) is 0. The van der Waals surface area contributed by atoms with Crippen LogP contribution in [0.4, 0.5) is 0 Å². The van der Waals surface area contributed by atoms with Crippen LogP contribution in [0.3, 0.4) is 0 Å². The Kier molecular flexibility index (Phi) is 3.48. The fourth-order valence-corrected chi connectivity index (χ4v) is 6.45. The third kappa shape index (κ3) is 2.30. The first-order valence-electron chi connectivity index (χ1n) is 5.40. The molecule has 82 valence electrons. The highest BCUT2D eigenvalue weighted by molar-refractivity contribution is 7.05. The van der Waals surface area contributed by atoms with Gasteiger partial charge in [0.15, 0.2) is 16.1 Å². The number of terminal acetylenes is 2. The summed E-state index contributed by atoms with van der Waals surface area (Å²) in [4.78, 5) is 0. The molecule has 0 aliphatic carbocycles. The highest BCUT2D eigenvalue weighted by atomic mass is 28.3. The first-order valence-corrected chi connectivity index (χ1v) is 11.4. The first-order chi connectivity index (χ1) is 7.35. The van der Waals surface area contributed by atoms with Crippen LogP contribution in [0.2, 0.25) is 26.2 Å². The monoisotopic (exact) mass is 242 g/mol. The van der Waals surface area contributed by atoms with Crippen molar-refractivity contribution in [3.05, 3.63) is 24.3 Å². The second kappa shape index (κ2) is 4.33. The van der Waals surface area contributed by atoms with Gasteiger partial charge in [0.2, 0.25) is 0 Å². The van der Waals surface area contributed by atoms with Crippen molar-refractivity contribution in [2.45, 2.75) is 26.2 Å². The lowest BCUT2D eigenvalue weighted by atomic mass is 10.4. The molecule has 0 fully saturated rings. The lowest BCUT2D eigenvalue weighted by molar-refractivity contribution is 1.72. The third-order valence-corrected chi connectivity index (χ3v) is 8.25. The van der Waals surface area contributed by atoms with E-state index in [0.717, 1.165) is 0 Å². The molecule has 0 radical (unpaired) electrons. The standard InChI is InChI=1S/C14H18Si2/c1-7-15(3,4)13-11-9-10-12-14(13)16(5,6)8-2/h1-2,9-12H,3-6H3. The Bertz CT molecular complexity index is 425. The zero-order valence-corrected chi connectivity index (χ0v) is 12.5. The molecule has 0 spiro atoms. The van der Waals surface area contributed by atoms with E-state index < -0.39 is 16.1 Å². The fourth-order valence-electron chi connectivity index (χ4n) is 1.73. The van der Waals surface area contributed by atoms with Gasteiger partial charge in [-0.2, -0.15) is 0 Å². The molecule has 1 rings (SSSR count). The van der Waals surface area contributed by atoms with Crippen LogP contribution in [-0.2, 0) is 0 Å². The van der Waals surface area contributed by atoms with Gasteiger partial charge in [-0.25, -0.2) is 0 Å². The molecule has 0 bridgehead atoms. The normalized spacial score (nSPS) is 11.6. The third-order valence-electron chi connectivity index (χ3n) is 3.00. The second-order valence-electron chi connectivity index (χ2n) is 5.08. The molecule has 0 saturated carbocycles. The Hall–Kier alpha value is -1.23. The van der Waals surface area contributed by atoms with Crippen LogP contribution in [0.15, 0.2) is 24.3 Å². The van der Waals surface area contributed by atoms with Crippen molar-refractivity contribution in [1.82, 2.24) is 0 Å². The van der Waals surface area contributed by atoms with Gasteiger partial charge in [0.25, 0.3) is 0 Å². The van der Waals surface area contributed by atoms with Crippen LogP contribution in [0.5, 0.6) is 0 Å². The molecule has 0 aromatic heterocycles. The Labute approximate surface area is 101 Å². The summed E-state index contributed by atoms with van der Waals surface area (Å²) in [6, 6.07) is 8.44. The summed E-state index contributed by atoms with van der Waals surface area (Å²) in [6.45, 7) is 8.80. The summed E-state index contributed by atoms with van der Waals surface area (Å²) >= 11 is 0. The molecular weight excluding hydrogens is 224 g/mol. The van der Waals surface area contributed by atoms with Gasteiger partial charge in [0.05, 0.1) is 0 Å². The van der Waals surface area contributed by atoms with Crippen LogP contribution >= 0.6 is 0 Å². The van der Waals surface area contributed by atoms with E-state index in [-0.39, 0.29) is 0 Å². The van der Waals surface area contributed by atoms with Crippen molar-refractivity contribution >= 4 is 26.5 Å². The van der Waals surface area contributed by atoms with Gasteiger partial charge in [-0.15, -0.1) is 23.9 Å². The highest BCUT2D eigenvalue weighted by Crippen LogP contribution is 2.06. The maximum atomic E-state index is 5.67. The molecule has 16 heavy (non-hydrogen) atoms. The molecule has 0 amide bonds. The summed E-state index contributed by atoms with van der Waals surface area (Å²) in [5, 5.41) is 2.68. The molecule has 0 nitrogen and oxygen atoms in total.